The van der Waals surface area contributed by atoms with Gasteiger partial charge in [-0.3, -0.25) is 9.78 Å². The maximum atomic E-state index is 15.0. The van der Waals surface area contributed by atoms with E-state index in [1.807, 2.05) is 61.5 Å². The van der Waals surface area contributed by atoms with E-state index >= 15 is 0 Å². The lowest BCUT2D eigenvalue weighted by molar-refractivity contribution is 0.0826. The molecule has 0 fully saturated rings. The summed E-state index contributed by atoms with van der Waals surface area (Å²) in [5, 5.41) is 4.31. The minimum atomic E-state index is -0.336. The number of pyridine rings is 1. The average molecular weight is 509 g/mol. The van der Waals surface area contributed by atoms with Crippen LogP contribution in [-0.4, -0.2) is 23.3 Å². The van der Waals surface area contributed by atoms with E-state index in [1.54, 1.807) is 18.3 Å². The van der Waals surface area contributed by atoms with Crippen molar-refractivity contribution in [3.8, 4) is 22.6 Å². The van der Waals surface area contributed by atoms with E-state index in [1.165, 1.54) is 6.07 Å². The zero-order valence-corrected chi connectivity index (χ0v) is 20.8. The molecule has 2 aliphatic heterocycles. The van der Waals surface area contributed by atoms with Crippen molar-refractivity contribution in [3.05, 3.63) is 113 Å². The largest absolute Gasteiger partial charge is 0.454 e. The van der Waals surface area contributed by atoms with Gasteiger partial charge in [0.25, 0.3) is 0 Å². The lowest BCUT2D eigenvalue weighted by Crippen LogP contribution is -2.07. The Balaban J connectivity index is 1.29. The summed E-state index contributed by atoms with van der Waals surface area (Å²) < 4.78 is 25.8. The molecule has 7 heteroatoms. The molecule has 0 saturated heterocycles. The number of fused-ring (bicyclic) bond motifs is 1. The number of Topliss-reactive ketones (excluding diaryl/α,β-unsaturated/α-hetero) is 1. The predicted molar refractivity (Wildman–Crippen MR) is 141 cm³/mol. The highest BCUT2D eigenvalue weighted by Gasteiger charge is 2.26. The molecule has 0 aliphatic carbocycles. The predicted octanol–water partition coefficient (Wildman–Crippen LogP) is 6.61. The Hall–Kier alpha value is -4.52. The van der Waals surface area contributed by atoms with E-state index < -0.39 is 0 Å². The molecule has 0 bridgehead atoms. The zero-order chi connectivity index (χ0) is 26.1. The number of carbonyl (C=O) groups is 1. The van der Waals surface area contributed by atoms with Crippen LogP contribution in [0.15, 0.2) is 84.1 Å². The van der Waals surface area contributed by atoms with Crippen molar-refractivity contribution in [1.82, 2.24) is 4.98 Å². The third-order valence-corrected chi connectivity index (χ3v) is 6.79. The third kappa shape index (κ3) is 4.87. The molecule has 190 valence electrons. The van der Waals surface area contributed by atoms with E-state index in [-0.39, 0.29) is 24.5 Å². The summed E-state index contributed by atoms with van der Waals surface area (Å²) in [6, 6.07) is 21.9. The number of hydrogen-bond acceptors (Lipinski definition) is 6. The molecule has 1 atom stereocenters. The second-order valence-corrected chi connectivity index (χ2v) is 9.48. The van der Waals surface area contributed by atoms with Gasteiger partial charge in [-0.1, -0.05) is 29.4 Å². The maximum absolute atomic E-state index is 15.0. The van der Waals surface area contributed by atoms with E-state index in [0.717, 1.165) is 22.4 Å². The van der Waals surface area contributed by atoms with Crippen LogP contribution in [0.5, 0.6) is 11.5 Å². The molecule has 4 aromatic rings. The number of ketones is 1. The number of carbonyl (C=O) groups excluding carboxylic acids is 1. The summed E-state index contributed by atoms with van der Waals surface area (Å²) in [5.41, 5.74) is 5.57. The maximum Gasteiger partial charge on any atom is 0.231 e. The van der Waals surface area contributed by atoms with Crippen LogP contribution in [0, 0.1) is 12.7 Å². The molecule has 6 nitrogen and oxygen atoms in total. The number of nitrogens with zero attached hydrogens (tertiary/aromatic N) is 2. The van der Waals surface area contributed by atoms with Crippen LogP contribution < -0.4 is 9.47 Å². The van der Waals surface area contributed by atoms with Gasteiger partial charge in [0.2, 0.25) is 6.79 Å². The van der Waals surface area contributed by atoms with Gasteiger partial charge in [-0.2, -0.15) is 0 Å². The van der Waals surface area contributed by atoms with E-state index in [9.17, 15) is 9.18 Å². The minimum absolute atomic E-state index is 0.0425. The number of rotatable bonds is 7. The number of aryl methyl sites for hydroxylation is 2. The highest BCUT2D eigenvalue weighted by atomic mass is 19.1. The Morgan fingerprint density at radius 1 is 0.974 bits per heavy atom. The molecule has 3 heterocycles. The van der Waals surface area contributed by atoms with Crippen molar-refractivity contribution in [1.29, 1.82) is 0 Å². The molecule has 38 heavy (non-hydrogen) atoms. The van der Waals surface area contributed by atoms with E-state index in [0.29, 0.717) is 53.2 Å². The first kappa shape index (κ1) is 23.9. The van der Waals surface area contributed by atoms with Crippen LogP contribution in [0.4, 0.5) is 4.39 Å². The Morgan fingerprint density at radius 3 is 2.68 bits per heavy atom. The summed E-state index contributed by atoms with van der Waals surface area (Å²) in [4.78, 5) is 23.4. The minimum Gasteiger partial charge on any atom is -0.454 e. The summed E-state index contributed by atoms with van der Waals surface area (Å²) in [6.07, 6.45) is 2.74. The van der Waals surface area contributed by atoms with Gasteiger partial charge in [-0.25, -0.2) is 4.39 Å². The van der Waals surface area contributed by atoms with Crippen molar-refractivity contribution in [2.24, 2.45) is 5.16 Å². The molecule has 1 aromatic heterocycles. The zero-order valence-electron chi connectivity index (χ0n) is 20.8. The highest BCUT2D eigenvalue weighted by molar-refractivity contribution is 6.05. The monoisotopic (exact) mass is 508 g/mol. The standard InChI is InChI=1S/C31H25FN2O4/c1-19-5-8-24(25(32)12-19)21-14-22(27-17-30(38-34-27)26-4-2-3-11-33-26)16-23(15-21)28(35)9-6-20-7-10-29-31(13-20)37-18-36-29/h2-5,7-8,10-16,30H,6,9,17-18H2,1H3. The first-order valence-corrected chi connectivity index (χ1v) is 12.5. The van der Waals surface area contributed by atoms with Gasteiger partial charge in [0.1, 0.15) is 5.82 Å². The van der Waals surface area contributed by atoms with Gasteiger partial charge < -0.3 is 14.3 Å². The normalized spacial score (nSPS) is 15.7. The molecule has 0 spiro atoms. The van der Waals surface area contributed by atoms with Crippen molar-refractivity contribution >= 4 is 11.5 Å². The lowest BCUT2D eigenvalue weighted by atomic mass is 9.92. The molecule has 0 saturated carbocycles. The van der Waals surface area contributed by atoms with Gasteiger partial charge >= 0.3 is 0 Å². The summed E-state index contributed by atoms with van der Waals surface area (Å²) >= 11 is 0. The Labute approximate surface area is 219 Å². The fraction of sp³-hybridized carbons (Fsp3) is 0.194. The first-order chi connectivity index (χ1) is 18.5. The second kappa shape index (κ2) is 10.1. The number of ether oxygens (including phenoxy) is 2. The SMILES string of the molecule is Cc1ccc(-c2cc(C(=O)CCc3ccc4c(c3)OCO4)cc(C3=NOC(c4ccccn4)C3)c2)c(F)c1. The van der Waals surface area contributed by atoms with Crippen molar-refractivity contribution < 1.29 is 23.5 Å². The second-order valence-electron chi connectivity index (χ2n) is 9.48. The van der Waals surface area contributed by atoms with E-state index in [4.69, 9.17) is 14.3 Å². The Morgan fingerprint density at radius 2 is 1.84 bits per heavy atom. The molecule has 0 radical (unpaired) electrons. The van der Waals surface area contributed by atoms with Crippen molar-refractivity contribution in [3.63, 3.8) is 0 Å². The third-order valence-electron chi connectivity index (χ3n) is 6.79. The van der Waals surface area contributed by atoms with E-state index in [2.05, 4.69) is 10.1 Å². The Kier molecular flexibility index (Phi) is 6.33. The fourth-order valence-corrected chi connectivity index (χ4v) is 4.74. The molecule has 0 amide bonds. The van der Waals surface area contributed by atoms with Crippen LogP contribution in [0.1, 0.15) is 51.7 Å². The van der Waals surface area contributed by atoms with Crippen LogP contribution in [0.25, 0.3) is 11.1 Å². The Bertz CT molecular complexity index is 1550. The molecule has 6 rings (SSSR count). The van der Waals surface area contributed by atoms with Crippen molar-refractivity contribution in [2.45, 2.75) is 32.3 Å². The molecule has 1 unspecified atom stereocenters. The quantitative estimate of drug-likeness (QED) is 0.263. The summed E-state index contributed by atoms with van der Waals surface area (Å²) in [6.45, 7) is 2.05. The summed E-state index contributed by atoms with van der Waals surface area (Å²) in [5.74, 6) is 1.02. The molecule has 3 aromatic carbocycles. The summed E-state index contributed by atoms with van der Waals surface area (Å²) in [7, 11) is 0. The number of halogens is 1. The van der Waals surface area contributed by atoms with Gasteiger partial charge in [0.05, 0.1) is 11.4 Å². The van der Waals surface area contributed by atoms with Gasteiger partial charge in [-0.05, 0) is 78.6 Å². The molecular formula is C31H25FN2O4. The van der Waals surface area contributed by atoms with Crippen LogP contribution in [0.3, 0.4) is 0 Å². The van der Waals surface area contributed by atoms with Crippen LogP contribution >= 0.6 is 0 Å². The van der Waals surface area contributed by atoms with Gasteiger partial charge in [0.15, 0.2) is 23.4 Å². The molecule has 2 aliphatic rings. The topological polar surface area (TPSA) is 70.0 Å². The average Bonchev–Trinajstić information content (AvgIpc) is 3.62. The first-order valence-electron chi connectivity index (χ1n) is 12.5. The number of hydrogen-bond donors (Lipinski definition) is 0. The number of benzene rings is 3. The van der Waals surface area contributed by atoms with Crippen LogP contribution in [-0.2, 0) is 11.3 Å². The number of aromatic nitrogens is 1. The number of oxime groups is 1. The molecular weight excluding hydrogens is 483 g/mol. The smallest absolute Gasteiger partial charge is 0.231 e. The molecule has 0 N–H and O–H groups in total. The highest BCUT2D eigenvalue weighted by Crippen LogP contribution is 2.34. The lowest BCUT2D eigenvalue weighted by Gasteiger charge is -2.11. The van der Waals surface area contributed by atoms with Gasteiger partial charge in [0, 0.05) is 35.7 Å². The van der Waals surface area contributed by atoms with Crippen LogP contribution in [0.2, 0.25) is 0 Å². The van der Waals surface area contributed by atoms with Crippen molar-refractivity contribution in [2.75, 3.05) is 6.79 Å². The van der Waals surface area contributed by atoms with Gasteiger partial charge in [-0.15, -0.1) is 0 Å². The fourth-order valence-electron chi connectivity index (χ4n) is 4.74.